The summed E-state index contributed by atoms with van der Waals surface area (Å²) in [6.07, 6.45) is 11.2. The maximum Gasteiger partial charge on any atom is 0.157 e. The van der Waals surface area contributed by atoms with E-state index in [0.717, 1.165) is 32.2 Å². The zero-order valence-electron chi connectivity index (χ0n) is 11.4. The van der Waals surface area contributed by atoms with Gasteiger partial charge in [0.2, 0.25) is 0 Å². The Morgan fingerprint density at radius 3 is 3.00 bits per heavy atom. The van der Waals surface area contributed by atoms with E-state index in [9.17, 15) is 4.79 Å². The number of rotatable bonds is 7. The lowest BCUT2D eigenvalue weighted by Crippen LogP contribution is -2.22. The highest BCUT2D eigenvalue weighted by Crippen LogP contribution is 2.13. The molecule has 0 radical (unpaired) electrons. The molecule has 0 saturated carbocycles. The van der Waals surface area contributed by atoms with E-state index >= 15 is 0 Å². The molecular weight excluding hydrogens is 228 g/mol. The van der Waals surface area contributed by atoms with Gasteiger partial charge >= 0.3 is 0 Å². The van der Waals surface area contributed by atoms with Gasteiger partial charge in [-0.2, -0.15) is 0 Å². The van der Waals surface area contributed by atoms with Gasteiger partial charge in [0.05, 0.1) is 6.61 Å². The number of carbonyl (C=O) groups is 1. The minimum absolute atomic E-state index is 0.00434. The molecule has 0 bridgehead atoms. The van der Waals surface area contributed by atoms with Crippen molar-refractivity contribution in [1.82, 2.24) is 0 Å². The van der Waals surface area contributed by atoms with Crippen molar-refractivity contribution >= 4 is 6.29 Å². The molecule has 1 heterocycles. The molecule has 0 aromatic carbocycles. The van der Waals surface area contributed by atoms with Gasteiger partial charge in [0.15, 0.2) is 6.29 Å². The smallest absolute Gasteiger partial charge is 0.157 e. The van der Waals surface area contributed by atoms with Gasteiger partial charge in [0.1, 0.15) is 6.29 Å². The molecule has 1 rings (SSSR count). The molecule has 1 aliphatic rings. The highest BCUT2D eigenvalue weighted by atomic mass is 16.7. The van der Waals surface area contributed by atoms with Crippen molar-refractivity contribution in [2.75, 3.05) is 13.2 Å². The number of ether oxygens (including phenoxy) is 2. The molecule has 0 spiro atoms. The van der Waals surface area contributed by atoms with Crippen LogP contribution in [-0.4, -0.2) is 25.8 Å². The Morgan fingerprint density at radius 1 is 1.50 bits per heavy atom. The van der Waals surface area contributed by atoms with Crippen LogP contribution in [0.1, 0.15) is 39.5 Å². The molecule has 1 aliphatic heterocycles. The lowest BCUT2D eigenvalue weighted by molar-refractivity contribution is -0.155. The molecule has 18 heavy (non-hydrogen) atoms. The first-order chi connectivity index (χ1) is 8.72. The van der Waals surface area contributed by atoms with Crippen molar-refractivity contribution < 1.29 is 14.3 Å². The molecule has 3 heteroatoms. The lowest BCUT2D eigenvalue weighted by atomic mass is 10.1. The SMILES string of the molecule is CC(=CCOC1CCCCO1)C/C=C/C(C)C=O. The van der Waals surface area contributed by atoms with Crippen molar-refractivity contribution in [3.63, 3.8) is 0 Å². The van der Waals surface area contributed by atoms with E-state index in [1.54, 1.807) is 0 Å². The lowest BCUT2D eigenvalue weighted by Gasteiger charge is -2.22. The van der Waals surface area contributed by atoms with Crippen molar-refractivity contribution in [3.05, 3.63) is 23.8 Å². The first kappa shape index (κ1) is 15.1. The van der Waals surface area contributed by atoms with Crippen molar-refractivity contribution in [2.24, 2.45) is 5.92 Å². The van der Waals surface area contributed by atoms with Crippen molar-refractivity contribution in [1.29, 1.82) is 0 Å². The van der Waals surface area contributed by atoms with Crippen LogP contribution in [0.15, 0.2) is 23.8 Å². The van der Waals surface area contributed by atoms with Crippen LogP contribution >= 0.6 is 0 Å². The van der Waals surface area contributed by atoms with E-state index in [2.05, 4.69) is 13.0 Å². The molecule has 0 aromatic rings. The van der Waals surface area contributed by atoms with Gasteiger partial charge in [-0.15, -0.1) is 0 Å². The van der Waals surface area contributed by atoms with E-state index < -0.39 is 0 Å². The fraction of sp³-hybridized carbons (Fsp3) is 0.667. The molecule has 3 nitrogen and oxygen atoms in total. The van der Waals surface area contributed by atoms with Gasteiger partial charge in [-0.25, -0.2) is 0 Å². The van der Waals surface area contributed by atoms with E-state index in [1.165, 1.54) is 12.0 Å². The first-order valence-electron chi connectivity index (χ1n) is 6.73. The van der Waals surface area contributed by atoms with Gasteiger partial charge in [-0.1, -0.05) is 30.7 Å². The van der Waals surface area contributed by atoms with Gasteiger partial charge < -0.3 is 14.3 Å². The highest BCUT2D eigenvalue weighted by Gasteiger charge is 2.12. The van der Waals surface area contributed by atoms with E-state index in [4.69, 9.17) is 9.47 Å². The fourth-order valence-electron chi connectivity index (χ4n) is 1.74. The minimum Gasteiger partial charge on any atom is -0.353 e. The number of allylic oxidation sites excluding steroid dienone is 3. The third kappa shape index (κ3) is 6.72. The Hall–Kier alpha value is -0.930. The van der Waals surface area contributed by atoms with Crippen molar-refractivity contribution in [3.8, 4) is 0 Å². The summed E-state index contributed by atoms with van der Waals surface area (Å²) < 4.78 is 11.1. The molecule has 0 aromatic heterocycles. The van der Waals surface area contributed by atoms with Crippen molar-refractivity contribution in [2.45, 2.75) is 45.8 Å². The number of aldehydes is 1. The summed E-state index contributed by atoms with van der Waals surface area (Å²) >= 11 is 0. The topological polar surface area (TPSA) is 35.5 Å². The molecule has 0 aliphatic carbocycles. The Kier molecular flexibility index (Phi) is 7.62. The predicted octanol–water partition coefficient (Wildman–Crippen LogP) is 3.26. The maximum atomic E-state index is 10.4. The van der Waals surface area contributed by atoms with Crippen LogP contribution in [0.3, 0.4) is 0 Å². The molecule has 102 valence electrons. The second kappa shape index (κ2) is 9.06. The first-order valence-corrected chi connectivity index (χ1v) is 6.73. The summed E-state index contributed by atoms with van der Waals surface area (Å²) in [4.78, 5) is 10.4. The monoisotopic (exact) mass is 252 g/mol. The Morgan fingerprint density at radius 2 is 2.33 bits per heavy atom. The van der Waals surface area contributed by atoms with Crippen LogP contribution in [0, 0.1) is 5.92 Å². The van der Waals surface area contributed by atoms with E-state index in [-0.39, 0.29) is 12.2 Å². The standard InChI is InChI=1S/C15H24O3/c1-13(6-5-7-14(2)12-16)9-11-18-15-8-3-4-10-17-15/h5,7,9,12,14-15H,3-4,6,8,10-11H2,1-2H3/b7-5+,13-9?. The molecular formula is C15H24O3. The molecule has 0 N–H and O–H groups in total. The van der Waals surface area contributed by atoms with Crippen LogP contribution in [0.4, 0.5) is 0 Å². The van der Waals surface area contributed by atoms with E-state index in [1.807, 2.05) is 19.1 Å². The zero-order chi connectivity index (χ0) is 13.2. The molecule has 1 fully saturated rings. The molecule has 1 saturated heterocycles. The number of hydrogen-bond donors (Lipinski definition) is 0. The number of hydrogen-bond acceptors (Lipinski definition) is 3. The normalized spacial score (nSPS) is 23.2. The molecule has 2 unspecified atom stereocenters. The van der Waals surface area contributed by atoms with Gasteiger partial charge in [0.25, 0.3) is 0 Å². The van der Waals surface area contributed by atoms with Crippen LogP contribution in [0.2, 0.25) is 0 Å². The quantitative estimate of drug-likeness (QED) is 0.515. The third-order valence-electron chi connectivity index (χ3n) is 2.95. The summed E-state index contributed by atoms with van der Waals surface area (Å²) in [5.74, 6) is 0.00434. The second-order valence-electron chi connectivity index (χ2n) is 4.81. The van der Waals surface area contributed by atoms with Gasteiger partial charge in [0, 0.05) is 12.5 Å². The average molecular weight is 252 g/mol. The Bertz CT molecular complexity index is 288. The fourth-order valence-corrected chi connectivity index (χ4v) is 1.74. The van der Waals surface area contributed by atoms with Gasteiger partial charge in [-0.3, -0.25) is 0 Å². The summed E-state index contributed by atoms with van der Waals surface area (Å²) in [5.41, 5.74) is 1.25. The van der Waals surface area contributed by atoms with E-state index in [0.29, 0.717) is 6.61 Å². The Labute approximate surface area is 110 Å². The minimum atomic E-state index is -0.0200. The zero-order valence-corrected chi connectivity index (χ0v) is 11.4. The predicted molar refractivity (Wildman–Crippen MR) is 72.3 cm³/mol. The van der Waals surface area contributed by atoms with Crippen LogP contribution in [0.25, 0.3) is 0 Å². The third-order valence-corrected chi connectivity index (χ3v) is 2.95. The highest BCUT2D eigenvalue weighted by molar-refractivity contribution is 5.55. The molecule has 0 amide bonds. The summed E-state index contributed by atoms with van der Waals surface area (Å²) in [6.45, 7) is 5.38. The van der Waals surface area contributed by atoms with Crippen LogP contribution in [0.5, 0.6) is 0 Å². The Balaban J connectivity index is 2.16. The van der Waals surface area contributed by atoms with Gasteiger partial charge in [-0.05, 0) is 32.6 Å². The van der Waals surface area contributed by atoms with Crippen LogP contribution in [-0.2, 0) is 14.3 Å². The largest absolute Gasteiger partial charge is 0.353 e. The number of carbonyl (C=O) groups excluding carboxylic acids is 1. The second-order valence-corrected chi connectivity index (χ2v) is 4.81. The average Bonchev–Trinajstić information content (AvgIpc) is 2.39. The van der Waals surface area contributed by atoms with Crippen LogP contribution < -0.4 is 0 Å². The summed E-state index contributed by atoms with van der Waals surface area (Å²) in [5, 5.41) is 0. The maximum absolute atomic E-state index is 10.4. The summed E-state index contributed by atoms with van der Waals surface area (Å²) in [7, 11) is 0. The molecule has 2 atom stereocenters. The summed E-state index contributed by atoms with van der Waals surface area (Å²) in [6, 6.07) is 0.